The van der Waals surface area contributed by atoms with E-state index in [9.17, 15) is 9.59 Å². The number of hydrogen-bond acceptors (Lipinski definition) is 6. The van der Waals surface area contributed by atoms with E-state index in [2.05, 4.69) is 20.8 Å². The fraction of sp³-hybridized carbons (Fsp3) is 0.167. The summed E-state index contributed by atoms with van der Waals surface area (Å²) in [4.78, 5) is 23.8. The average Bonchev–Trinajstić information content (AvgIpc) is 3.10. The molecule has 0 spiro atoms. The molecule has 0 saturated heterocycles. The van der Waals surface area contributed by atoms with Gasteiger partial charge in [-0.05, 0) is 72.8 Å². The van der Waals surface area contributed by atoms with Gasteiger partial charge in [-0.2, -0.15) is 4.68 Å². The highest BCUT2D eigenvalue weighted by molar-refractivity contribution is 8.00. The van der Waals surface area contributed by atoms with Crippen molar-refractivity contribution in [3.63, 3.8) is 0 Å². The summed E-state index contributed by atoms with van der Waals surface area (Å²) in [5, 5.41) is 15.1. The van der Waals surface area contributed by atoms with Gasteiger partial charge < -0.3 is 5.32 Å². The molecular formula is C18H16ClN5O2S. The Hall–Kier alpha value is -2.71. The second-order valence-electron chi connectivity index (χ2n) is 5.73. The van der Waals surface area contributed by atoms with Crippen molar-refractivity contribution in [3.05, 3.63) is 59.1 Å². The molecule has 1 atom stereocenters. The number of hydrogen-bond donors (Lipinski definition) is 1. The molecule has 1 aromatic heterocycles. The number of carbonyl (C=O) groups excluding carboxylic acids is 2. The van der Waals surface area contributed by atoms with E-state index in [0.717, 1.165) is 5.69 Å². The third-order valence-corrected chi connectivity index (χ3v) is 5.01. The fourth-order valence-corrected chi connectivity index (χ4v) is 3.17. The molecule has 0 saturated carbocycles. The van der Waals surface area contributed by atoms with Gasteiger partial charge in [-0.25, -0.2) is 0 Å². The number of rotatable bonds is 6. The maximum Gasteiger partial charge on any atom is 0.237 e. The molecule has 3 rings (SSSR count). The van der Waals surface area contributed by atoms with Crippen molar-refractivity contribution in [2.45, 2.75) is 24.3 Å². The molecule has 7 nitrogen and oxygen atoms in total. The molecule has 27 heavy (non-hydrogen) atoms. The SMILES string of the molecule is CC(=O)c1ccc(NC(=O)[C@@H](C)Sc2nnnn2-c2ccc(Cl)cc2)cc1. The van der Waals surface area contributed by atoms with Crippen LogP contribution in [0.5, 0.6) is 0 Å². The third-order valence-electron chi connectivity index (χ3n) is 3.72. The average molecular weight is 402 g/mol. The summed E-state index contributed by atoms with van der Waals surface area (Å²) in [5.74, 6) is -0.216. The lowest BCUT2D eigenvalue weighted by molar-refractivity contribution is -0.115. The van der Waals surface area contributed by atoms with Crippen LogP contribution < -0.4 is 5.32 Å². The molecule has 3 aromatic rings. The van der Waals surface area contributed by atoms with Crippen molar-refractivity contribution in [2.75, 3.05) is 5.32 Å². The number of ketones is 1. The van der Waals surface area contributed by atoms with Crippen LogP contribution in [0.4, 0.5) is 5.69 Å². The highest BCUT2D eigenvalue weighted by Crippen LogP contribution is 2.24. The predicted octanol–water partition coefficient (Wildman–Crippen LogP) is 3.64. The molecule has 0 aliphatic carbocycles. The molecule has 2 aromatic carbocycles. The van der Waals surface area contributed by atoms with Crippen LogP contribution in [0.3, 0.4) is 0 Å². The molecule has 0 radical (unpaired) electrons. The Balaban J connectivity index is 1.67. The number of Topliss-reactive ketones (excluding diaryl/α,β-unsaturated/α-hetero) is 1. The lowest BCUT2D eigenvalue weighted by Crippen LogP contribution is -2.23. The first-order chi connectivity index (χ1) is 12.9. The first kappa shape index (κ1) is 19.1. The molecule has 138 valence electrons. The van der Waals surface area contributed by atoms with Gasteiger partial charge in [0.25, 0.3) is 0 Å². The number of amides is 1. The summed E-state index contributed by atoms with van der Waals surface area (Å²) in [6.07, 6.45) is 0. The molecule has 1 heterocycles. The van der Waals surface area contributed by atoms with E-state index >= 15 is 0 Å². The third kappa shape index (κ3) is 4.72. The van der Waals surface area contributed by atoms with Crippen molar-refractivity contribution in [1.29, 1.82) is 0 Å². The van der Waals surface area contributed by atoms with Crippen LogP contribution in [-0.2, 0) is 4.79 Å². The van der Waals surface area contributed by atoms with Gasteiger partial charge in [-0.3, -0.25) is 9.59 Å². The monoisotopic (exact) mass is 401 g/mol. The van der Waals surface area contributed by atoms with Gasteiger partial charge in [0.1, 0.15) is 0 Å². The van der Waals surface area contributed by atoms with Gasteiger partial charge in [0, 0.05) is 16.3 Å². The van der Waals surface area contributed by atoms with Gasteiger partial charge >= 0.3 is 0 Å². The number of nitrogens with one attached hydrogen (secondary N) is 1. The number of carbonyl (C=O) groups is 2. The summed E-state index contributed by atoms with van der Waals surface area (Å²) < 4.78 is 1.55. The summed E-state index contributed by atoms with van der Waals surface area (Å²) >= 11 is 7.14. The maximum absolute atomic E-state index is 12.5. The Morgan fingerprint density at radius 1 is 1.11 bits per heavy atom. The van der Waals surface area contributed by atoms with Gasteiger partial charge in [0.05, 0.1) is 10.9 Å². The van der Waals surface area contributed by atoms with Gasteiger partial charge in [-0.15, -0.1) is 5.10 Å². The van der Waals surface area contributed by atoms with E-state index in [-0.39, 0.29) is 11.7 Å². The van der Waals surface area contributed by atoms with Gasteiger partial charge in [-0.1, -0.05) is 23.4 Å². The highest BCUT2D eigenvalue weighted by Gasteiger charge is 2.19. The summed E-state index contributed by atoms with van der Waals surface area (Å²) in [7, 11) is 0. The highest BCUT2D eigenvalue weighted by atomic mass is 35.5. The second-order valence-corrected chi connectivity index (χ2v) is 7.48. The normalized spacial score (nSPS) is 11.8. The van der Waals surface area contributed by atoms with Crippen molar-refractivity contribution < 1.29 is 9.59 Å². The quantitative estimate of drug-likeness (QED) is 0.501. The van der Waals surface area contributed by atoms with Crippen LogP contribution in [0, 0.1) is 0 Å². The number of halogens is 1. The number of nitrogens with zero attached hydrogens (tertiary/aromatic N) is 4. The smallest absolute Gasteiger partial charge is 0.237 e. The second kappa shape index (κ2) is 8.32. The standard InChI is InChI=1S/C18H16ClN5O2S/c1-11(25)13-3-7-15(8-4-13)20-17(26)12(2)27-18-21-22-23-24(18)16-9-5-14(19)6-10-16/h3-10,12H,1-2H3,(H,20,26)/t12-/m1/s1. The number of aromatic nitrogens is 4. The first-order valence-electron chi connectivity index (χ1n) is 8.07. The molecule has 0 fully saturated rings. The molecule has 0 bridgehead atoms. The van der Waals surface area contributed by atoms with Crippen molar-refractivity contribution in [2.24, 2.45) is 0 Å². The molecule has 0 unspecified atom stereocenters. The number of thioether (sulfide) groups is 1. The van der Waals surface area contributed by atoms with E-state index in [0.29, 0.717) is 21.4 Å². The molecule has 1 N–H and O–H groups in total. The van der Waals surface area contributed by atoms with Crippen LogP contribution in [0.15, 0.2) is 53.7 Å². The van der Waals surface area contributed by atoms with Crippen molar-refractivity contribution in [1.82, 2.24) is 20.2 Å². The Morgan fingerprint density at radius 3 is 2.41 bits per heavy atom. The minimum absolute atomic E-state index is 0.0224. The zero-order chi connectivity index (χ0) is 19.4. The Morgan fingerprint density at radius 2 is 1.78 bits per heavy atom. The van der Waals surface area contributed by atoms with Crippen LogP contribution >= 0.6 is 23.4 Å². The lowest BCUT2D eigenvalue weighted by atomic mass is 10.1. The number of anilines is 1. The van der Waals surface area contributed by atoms with E-state index in [1.165, 1.54) is 18.7 Å². The van der Waals surface area contributed by atoms with E-state index in [1.54, 1.807) is 60.1 Å². The molecular weight excluding hydrogens is 386 g/mol. The summed E-state index contributed by atoms with van der Waals surface area (Å²) in [6.45, 7) is 3.27. The van der Waals surface area contributed by atoms with E-state index in [1.807, 2.05) is 0 Å². The predicted molar refractivity (Wildman–Crippen MR) is 105 cm³/mol. The van der Waals surface area contributed by atoms with Gasteiger partial charge in [0.15, 0.2) is 5.78 Å². The summed E-state index contributed by atoms with van der Waals surface area (Å²) in [5.41, 5.74) is 1.96. The van der Waals surface area contributed by atoms with Crippen LogP contribution in [0.2, 0.25) is 5.02 Å². The van der Waals surface area contributed by atoms with Crippen molar-refractivity contribution >= 4 is 40.7 Å². The summed E-state index contributed by atoms with van der Waals surface area (Å²) in [6, 6.07) is 13.8. The maximum atomic E-state index is 12.5. The molecule has 1 amide bonds. The molecule has 0 aliphatic heterocycles. The largest absolute Gasteiger partial charge is 0.325 e. The van der Waals surface area contributed by atoms with Crippen LogP contribution in [-0.4, -0.2) is 37.1 Å². The Bertz CT molecular complexity index is 957. The minimum atomic E-state index is -0.436. The first-order valence-corrected chi connectivity index (χ1v) is 9.32. The Labute approximate surface area is 165 Å². The van der Waals surface area contributed by atoms with E-state index in [4.69, 9.17) is 11.6 Å². The minimum Gasteiger partial charge on any atom is -0.325 e. The fourth-order valence-electron chi connectivity index (χ4n) is 2.24. The zero-order valence-electron chi connectivity index (χ0n) is 14.6. The van der Waals surface area contributed by atoms with Crippen molar-refractivity contribution in [3.8, 4) is 5.69 Å². The van der Waals surface area contributed by atoms with E-state index < -0.39 is 5.25 Å². The lowest BCUT2D eigenvalue weighted by Gasteiger charge is -2.12. The zero-order valence-corrected chi connectivity index (χ0v) is 16.2. The van der Waals surface area contributed by atoms with Gasteiger partial charge in [0.2, 0.25) is 11.1 Å². The number of tetrazole rings is 1. The van der Waals surface area contributed by atoms with Crippen LogP contribution in [0.25, 0.3) is 5.69 Å². The van der Waals surface area contributed by atoms with Crippen LogP contribution in [0.1, 0.15) is 24.2 Å². The Kier molecular flexibility index (Phi) is 5.88. The topological polar surface area (TPSA) is 89.8 Å². The number of benzene rings is 2. The molecule has 0 aliphatic rings. The molecule has 9 heteroatoms.